The van der Waals surface area contributed by atoms with Gasteiger partial charge in [0.2, 0.25) is 5.89 Å². The highest BCUT2D eigenvalue weighted by Gasteiger charge is 2.33. The van der Waals surface area contributed by atoms with Crippen LogP contribution in [0.5, 0.6) is 0 Å². The summed E-state index contributed by atoms with van der Waals surface area (Å²) in [6.07, 6.45) is 5.13. The highest BCUT2D eigenvalue weighted by Crippen LogP contribution is 2.39. The van der Waals surface area contributed by atoms with E-state index in [0.29, 0.717) is 11.8 Å². The van der Waals surface area contributed by atoms with Crippen LogP contribution in [0.1, 0.15) is 55.6 Å². The number of likely N-dealkylation sites (tertiary alicyclic amines) is 1. The SMILES string of the molecule is CCn1ncnc1CN1CCC(c2nc(C3CC3)no2)C1. The largest absolute Gasteiger partial charge is 0.339 e. The Morgan fingerprint density at radius 3 is 3.00 bits per heavy atom. The molecule has 0 N–H and O–H groups in total. The zero-order chi connectivity index (χ0) is 14.2. The van der Waals surface area contributed by atoms with Gasteiger partial charge in [0.25, 0.3) is 0 Å². The molecule has 7 heteroatoms. The zero-order valence-corrected chi connectivity index (χ0v) is 12.3. The lowest BCUT2D eigenvalue weighted by Crippen LogP contribution is -2.22. The van der Waals surface area contributed by atoms with Crippen molar-refractivity contribution in [3.05, 3.63) is 23.9 Å². The molecule has 2 aromatic heterocycles. The summed E-state index contributed by atoms with van der Waals surface area (Å²) in [6.45, 7) is 5.79. The van der Waals surface area contributed by atoms with Crippen LogP contribution in [-0.2, 0) is 13.1 Å². The lowest BCUT2D eigenvalue weighted by atomic mass is 10.1. The Balaban J connectivity index is 1.39. The number of hydrogen-bond donors (Lipinski definition) is 0. The Labute approximate surface area is 123 Å². The van der Waals surface area contributed by atoms with E-state index in [1.807, 2.05) is 4.68 Å². The molecule has 0 amide bonds. The molecular formula is C14H20N6O. The third-order valence-corrected chi connectivity index (χ3v) is 4.38. The van der Waals surface area contributed by atoms with Crippen molar-refractivity contribution in [2.45, 2.75) is 51.1 Å². The second-order valence-corrected chi connectivity index (χ2v) is 5.98. The summed E-state index contributed by atoms with van der Waals surface area (Å²) >= 11 is 0. The van der Waals surface area contributed by atoms with E-state index < -0.39 is 0 Å². The van der Waals surface area contributed by atoms with Crippen LogP contribution in [0.25, 0.3) is 0 Å². The Morgan fingerprint density at radius 1 is 1.29 bits per heavy atom. The lowest BCUT2D eigenvalue weighted by molar-refractivity contribution is 0.297. The first-order chi connectivity index (χ1) is 10.3. The van der Waals surface area contributed by atoms with Gasteiger partial charge in [0.05, 0.1) is 12.5 Å². The summed E-state index contributed by atoms with van der Waals surface area (Å²) < 4.78 is 7.41. The van der Waals surface area contributed by atoms with Crippen LogP contribution in [-0.4, -0.2) is 42.9 Å². The van der Waals surface area contributed by atoms with Crippen molar-refractivity contribution >= 4 is 0 Å². The molecule has 112 valence electrons. The summed E-state index contributed by atoms with van der Waals surface area (Å²) in [5.74, 6) is 3.68. The lowest BCUT2D eigenvalue weighted by Gasteiger charge is -2.14. The molecule has 7 nitrogen and oxygen atoms in total. The van der Waals surface area contributed by atoms with Crippen LogP contribution in [0.15, 0.2) is 10.9 Å². The van der Waals surface area contributed by atoms with Crippen molar-refractivity contribution < 1.29 is 4.52 Å². The number of hydrogen-bond acceptors (Lipinski definition) is 6. The van der Waals surface area contributed by atoms with Gasteiger partial charge < -0.3 is 4.52 Å². The monoisotopic (exact) mass is 288 g/mol. The van der Waals surface area contributed by atoms with Gasteiger partial charge in [0.15, 0.2) is 5.82 Å². The quantitative estimate of drug-likeness (QED) is 0.831. The first-order valence-electron chi connectivity index (χ1n) is 7.76. The maximum absolute atomic E-state index is 5.46. The van der Waals surface area contributed by atoms with Gasteiger partial charge in [-0.05, 0) is 32.7 Å². The fourth-order valence-electron chi connectivity index (χ4n) is 2.97. The van der Waals surface area contributed by atoms with Gasteiger partial charge in [0, 0.05) is 19.0 Å². The Hall–Kier alpha value is -1.76. The molecule has 3 heterocycles. The summed E-state index contributed by atoms with van der Waals surface area (Å²) in [5.41, 5.74) is 0. The third-order valence-electron chi connectivity index (χ3n) is 4.38. The van der Waals surface area contributed by atoms with Crippen molar-refractivity contribution in [1.82, 2.24) is 29.8 Å². The van der Waals surface area contributed by atoms with Gasteiger partial charge in [-0.1, -0.05) is 5.16 Å². The highest BCUT2D eigenvalue weighted by atomic mass is 16.5. The molecule has 1 aliphatic heterocycles. The topological polar surface area (TPSA) is 72.9 Å². The van der Waals surface area contributed by atoms with Crippen LogP contribution in [0, 0.1) is 0 Å². The van der Waals surface area contributed by atoms with Crippen LogP contribution in [0.2, 0.25) is 0 Å². The van der Waals surface area contributed by atoms with Crippen molar-refractivity contribution in [2.24, 2.45) is 0 Å². The van der Waals surface area contributed by atoms with Gasteiger partial charge >= 0.3 is 0 Å². The molecule has 0 spiro atoms. The predicted molar refractivity (Wildman–Crippen MR) is 74.6 cm³/mol. The minimum absolute atomic E-state index is 0.364. The molecule has 4 rings (SSSR count). The molecule has 2 fully saturated rings. The minimum Gasteiger partial charge on any atom is -0.339 e. The molecule has 1 atom stereocenters. The summed E-state index contributed by atoms with van der Waals surface area (Å²) in [5, 5.41) is 8.34. The fraction of sp³-hybridized carbons (Fsp3) is 0.714. The Morgan fingerprint density at radius 2 is 2.19 bits per heavy atom. The maximum Gasteiger partial charge on any atom is 0.231 e. The highest BCUT2D eigenvalue weighted by molar-refractivity contribution is 5.06. The normalized spacial score (nSPS) is 23.0. The van der Waals surface area contributed by atoms with Crippen molar-refractivity contribution in [3.8, 4) is 0 Å². The van der Waals surface area contributed by atoms with Gasteiger partial charge in [-0.15, -0.1) is 0 Å². The van der Waals surface area contributed by atoms with Crippen molar-refractivity contribution in [3.63, 3.8) is 0 Å². The molecule has 1 unspecified atom stereocenters. The number of aromatic nitrogens is 5. The second kappa shape index (κ2) is 5.22. The molecule has 21 heavy (non-hydrogen) atoms. The third kappa shape index (κ3) is 2.57. The molecule has 2 aliphatic rings. The van der Waals surface area contributed by atoms with E-state index in [0.717, 1.165) is 50.1 Å². The van der Waals surface area contributed by atoms with E-state index in [1.54, 1.807) is 6.33 Å². The van der Waals surface area contributed by atoms with E-state index in [-0.39, 0.29) is 0 Å². The Kier molecular flexibility index (Phi) is 3.21. The Bertz CT molecular complexity index is 617. The first kappa shape index (κ1) is 12.9. The van der Waals surface area contributed by atoms with Gasteiger partial charge in [-0.2, -0.15) is 10.1 Å². The van der Waals surface area contributed by atoms with E-state index >= 15 is 0 Å². The maximum atomic E-state index is 5.46. The molecule has 1 saturated carbocycles. The number of aryl methyl sites for hydroxylation is 1. The minimum atomic E-state index is 0.364. The van der Waals surface area contributed by atoms with E-state index in [1.165, 1.54) is 12.8 Å². The van der Waals surface area contributed by atoms with Crippen LogP contribution < -0.4 is 0 Å². The van der Waals surface area contributed by atoms with E-state index in [2.05, 4.69) is 32.0 Å². The fourth-order valence-corrected chi connectivity index (χ4v) is 2.97. The first-order valence-corrected chi connectivity index (χ1v) is 7.76. The molecule has 0 bridgehead atoms. The average molecular weight is 288 g/mol. The second-order valence-electron chi connectivity index (χ2n) is 5.98. The molecule has 1 saturated heterocycles. The average Bonchev–Trinajstić information content (AvgIpc) is 2.95. The molecule has 0 aromatic carbocycles. The summed E-state index contributed by atoms with van der Waals surface area (Å²) in [4.78, 5) is 11.3. The molecule has 0 radical (unpaired) electrons. The van der Waals surface area contributed by atoms with Crippen LogP contribution in [0.3, 0.4) is 0 Å². The predicted octanol–water partition coefficient (Wildman–Crippen LogP) is 1.55. The standard InChI is InChI=1S/C14H20N6O/c1-2-20-12(15-9-16-20)8-19-6-5-11(7-19)14-17-13(18-21-14)10-3-4-10/h9-11H,2-8H2,1H3. The van der Waals surface area contributed by atoms with Crippen molar-refractivity contribution in [2.75, 3.05) is 13.1 Å². The van der Waals surface area contributed by atoms with Gasteiger partial charge in [0.1, 0.15) is 12.2 Å². The van der Waals surface area contributed by atoms with Crippen LogP contribution in [0.4, 0.5) is 0 Å². The van der Waals surface area contributed by atoms with Crippen molar-refractivity contribution in [1.29, 1.82) is 0 Å². The smallest absolute Gasteiger partial charge is 0.231 e. The molecule has 1 aliphatic carbocycles. The van der Waals surface area contributed by atoms with Crippen LogP contribution >= 0.6 is 0 Å². The van der Waals surface area contributed by atoms with Gasteiger partial charge in [-0.25, -0.2) is 9.67 Å². The molecular weight excluding hydrogens is 268 g/mol. The summed E-state index contributed by atoms with van der Waals surface area (Å²) in [6, 6.07) is 0. The number of rotatable bonds is 5. The van der Waals surface area contributed by atoms with E-state index in [9.17, 15) is 0 Å². The summed E-state index contributed by atoms with van der Waals surface area (Å²) in [7, 11) is 0. The molecule has 2 aromatic rings. The number of nitrogens with zero attached hydrogens (tertiary/aromatic N) is 6. The van der Waals surface area contributed by atoms with Gasteiger partial charge in [-0.3, -0.25) is 4.90 Å². The van der Waals surface area contributed by atoms with E-state index in [4.69, 9.17) is 4.52 Å². The zero-order valence-electron chi connectivity index (χ0n) is 12.3.